The van der Waals surface area contributed by atoms with E-state index in [1.54, 1.807) is 0 Å². The lowest BCUT2D eigenvalue weighted by Gasteiger charge is -2.44. The van der Waals surface area contributed by atoms with Gasteiger partial charge in [0.05, 0.1) is 6.10 Å². The van der Waals surface area contributed by atoms with Crippen LogP contribution in [0.3, 0.4) is 0 Å². The molecule has 1 aliphatic heterocycles. The highest BCUT2D eigenvalue weighted by atomic mass is 28.3. The number of carbonyl (C=O) groups is 1. The fourth-order valence-corrected chi connectivity index (χ4v) is 4.88. The Morgan fingerprint density at radius 1 is 1.30 bits per heavy atom. The van der Waals surface area contributed by atoms with Gasteiger partial charge in [0.15, 0.2) is 15.3 Å². The molecule has 2 atom stereocenters. The number of benzene rings is 1. The molecule has 0 aromatic heterocycles. The number of para-hydroxylation sites is 1. The Labute approximate surface area is 142 Å². The molecule has 0 saturated carbocycles. The lowest BCUT2D eigenvalue weighted by atomic mass is 9.78. The third-order valence-electron chi connectivity index (χ3n) is 4.56. The molecule has 0 aliphatic carbocycles. The molecule has 1 aromatic rings. The number of nitrogens with zero attached hydrogens (tertiary/aromatic N) is 1. The summed E-state index contributed by atoms with van der Waals surface area (Å²) < 4.78 is 6.44. The van der Waals surface area contributed by atoms with Crippen LogP contribution in [0.1, 0.15) is 44.0 Å². The third kappa shape index (κ3) is 4.67. The average Bonchev–Trinajstić information content (AvgIpc) is 2.51. The van der Waals surface area contributed by atoms with Crippen LogP contribution in [-0.2, 0) is 4.43 Å². The van der Waals surface area contributed by atoms with Crippen molar-refractivity contribution < 1.29 is 9.22 Å². The highest BCUT2D eigenvalue weighted by Gasteiger charge is 2.36. The van der Waals surface area contributed by atoms with E-state index < -0.39 is 9.04 Å². The topological polar surface area (TPSA) is 29.5 Å². The summed E-state index contributed by atoms with van der Waals surface area (Å²) in [5, 5.41) is 0. The summed E-state index contributed by atoms with van der Waals surface area (Å²) in [7, 11) is -1.08. The van der Waals surface area contributed by atoms with E-state index in [0.29, 0.717) is 12.0 Å². The summed E-state index contributed by atoms with van der Waals surface area (Å²) in [4.78, 5) is 13.7. The minimum absolute atomic E-state index is 0.148. The van der Waals surface area contributed by atoms with Crippen LogP contribution in [0.4, 0.5) is 5.69 Å². The predicted molar refractivity (Wildman–Crippen MR) is 100.0 cm³/mol. The molecule has 2 unspecified atom stereocenters. The van der Waals surface area contributed by atoms with Gasteiger partial charge in [-0.25, -0.2) is 0 Å². The highest BCUT2D eigenvalue weighted by molar-refractivity contribution is 6.48. The Kier molecular flexibility index (Phi) is 6.04. The monoisotopic (exact) mass is 333 g/mol. The van der Waals surface area contributed by atoms with Crippen molar-refractivity contribution in [2.24, 2.45) is 11.3 Å². The van der Waals surface area contributed by atoms with E-state index in [4.69, 9.17) is 4.43 Å². The van der Waals surface area contributed by atoms with Crippen LogP contribution in [0.15, 0.2) is 24.3 Å². The van der Waals surface area contributed by atoms with Crippen LogP contribution < -0.4 is 4.90 Å². The second-order valence-corrected chi connectivity index (χ2v) is 10.4. The van der Waals surface area contributed by atoms with Gasteiger partial charge in [-0.1, -0.05) is 32.9 Å². The lowest BCUT2D eigenvalue weighted by molar-refractivity contribution is 0.0270. The lowest BCUT2D eigenvalue weighted by Crippen LogP contribution is -2.47. The Morgan fingerprint density at radius 2 is 2.00 bits per heavy atom. The zero-order chi connectivity index (χ0) is 17.0. The summed E-state index contributed by atoms with van der Waals surface area (Å²) in [6.45, 7) is 13.4. The predicted octanol–water partition coefficient (Wildman–Crippen LogP) is 4.13. The minimum atomic E-state index is -1.08. The van der Waals surface area contributed by atoms with Crippen LogP contribution in [0, 0.1) is 11.3 Å². The molecule has 3 nitrogen and oxygen atoms in total. The first-order chi connectivity index (χ1) is 10.8. The number of anilines is 1. The Bertz CT molecular complexity index is 524. The number of carbonyl (C=O) groups excluding carboxylic acids is 1. The first kappa shape index (κ1) is 18.2. The first-order valence-corrected chi connectivity index (χ1v) is 11.6. The highest BCUT2D eigenvalue weighted by Crippen LogP contribution is 2.35. The van der Waals surface area contributed by atoms with Gasteiger partial charge in [-0.3, -0.25) is 4.79 Å². The first-order valence-electron chi connectivity index (χ1n) is 8.77. The van der Waals surface area contributed by atoms with Crippen molar-refractivity contribution >= 4 is 21.0 Å². The van der Waals surface area contributed by atoms with Gasteiger partial charge in [0.25, 0.3) is 0 Å². The molecular weight excluding hydrogens is 302 g/mol. The van der Waals surface area contributed by atoms with Gasteiger partial charge in [-0.2, -0.15) is 0 Å². The van der Waals surface area contributed by atoms with Crippen molar-refractivity contribution in [1.29, 1.82) is 0 Å². The molecule has 0 N–H and O–H groups in total. The fourth-order valence-electron chi connectivity index (χ4n) is 3.67. The van der Waals surface area contributed by atoms with Crippen LogP contribution in [0.25, 0.3) is 0 Å². The molecule has 128 valence electrons. The zero-order valence-corrected chi connectivity index (χ0v) is 16.4. The third-order valence-corrected chi connectivity index (χ3v) is 5.40. The molecule has 0 spiro atoms. The Hall–Kier alpha value is -1.13. The number of piperidine rings is 1. The van der Waals surface area contributed by atoms with E-state index in [2.05, 4.69) is 44.8 Å². The fraction of sp³-hybridized carbons (Fsp3) is 0.632. The van der Waals surface area contributed by atoms with Gasteiger partial charge < -0.3 is 9.33 Å². The van der Waals surface area contributed by atoms with Gasteiger partial charge in [0, 0.05) is 30.3 Å². The summed E-state index contributed by atoms with van der Waals surface area (Å²) in [5.74, 6) is 0.526. The van der Waals surface area contributed by atoms with E-state index in [9.17, 15) is 4.79 Å². The van der Waals surface area contributed by atoms with Crippen LogP contribution in [0.5, 0.6) is 0 Å². The van der Waals surface area contributed by atoms with Gasteiger partial charge in [0.1, 0.15) is 0 Å². The van der Waals surface area contributed by atoms with E-state index in [1.807, 2.05) is 18.2 Å². The summed E-state index contributed by atoms with van der Waals surface area (Å²) in [6.07, 6.45) is 3.63. The van der Waals surface area contributed by atoms with Gasteiger partial charge in [0.2, 0.25) is 0 Å². The quantitative estimate of drug-likeness (QED) is 0.599. The zero-order valence-electron chi connectivity index (χ0n) is 15.2. The molecular formula is C19H31NO2Si. The second-order valence-electron chi connectivity index (χ2n) is 8.00. The maximum atomic E-state index is 11.3. The second kappa shape index (κ2) is 7.62. The largest absolute Gasteiger partial charge is 0.417 e. The molecule has 1 heterocycles. The molecule has 1 fully saturated rings. The van der Waals surface area contributed by atoms with Gasteiger partial charge >= 0.3 is 0 Å². The Morgan fingerprint density at radius 3 is 2.61 bits per heavy atom. The number of hydrogen-bond acceptors (Lipinski definition) is 3. The van der Waals surface area contributed by atoms with Gasteiger partial charge in [-0.05, 0) is 43.5 Å². The van der Waals surface area contributed by atoms with Crippen molar-refractivity contribution in [2.75, 3.05) is 18.0 Å². The smallest absolute Gasteiger partial charge is 0.171 e. The minimum Gasteiger partial charge on any atom is -0.417 e. The van der Waals surface area contributed by atoms with Gasteiger partial charge in [-0.15, -0.1) is 0 Å². The standard InChI is InChI=1S/C19H31NO2Si/c1-19(2,3)18(22-23(4)5)15-10-8-12-20(13-15)17-11-7-6-9-16(17)14-21/h6-7,9,11,14-15,18,23H,8,10,12-13H2,1-5H3. The summed E-state index contributed by atoms with van der Waals surface area (Å²) in [6, 6.07) is 7.92. The van der Waals surface area contributed by atoms with E-state index >= 15 is 0 Å². The normalized spacial score (nSPS) is 20.6. The molecule has 23 heavy (non-hydrogen) atoms. The molecule has 4 heteroatoms. The van der Waals surface area contributed by atoms with Crippen molar-refractivity contribution in [1.82, 2.24) is 0 Å². The maximum Gasteiger partial charge on any atom is 0.171 e. The van der Waals surface area contributed by atoms with Crippen molar-refractivity contribution in [3.8, 4) is 0 Å². The van der Waals surface area contributed by atoms with Crippen molar-refractivity contribution in [3.63, 3.8) is 0 Å². The maximum absolute atomic E-state index is 11.3. The van der Waals surface area contributed by atoms with E-state index in [-0.39, 0.29) is 5.41 Å². The van der Waals surface area contributed by atoms with Crippen LogP contribution in [-0.4, -0.2) is 34.5 Å². The van der Waals surface area contributed by atoms with Crippen molar-refractivity contribution in [2.45, 2.75) is 52.8 Å². The number of hydrogen-bond donors (Lipinski definition) is 0. The van der Waals surface area contributed by atoms with Crippen LogP contribution >= 0.6 is 0 Å². The van der Waals surface area contributed by atoms with Crippen LogP contribution in [0.2, 0.25) is 13.1 Å². The summed E-state index contributed by atoms with van der Waals surface area (Å²) >= 11 is 0. The molecule has 0 amide bonds. The number of aldehydes is 1. The van der Waals surface area contributed by atoms with E-state index in [1.165, 1.54) is 6.42 Å². The molecule has 1 aliphatic rings. The molecule has 0 radical (unpaired) electrons. The van der Waals surface area contributed by atoms with Crippen molar-refractivity contribution in [3.05, 3.63) is 29.8 Å². The molecule has 0 bridgehead atoms. The number of rotatable bonds is 5. The summed E-state index contributed by atoms with van der Waals surface area (Å²) in [5.41, 5.74) is 2.01. The molecule has 1 aromatic carbocycles. The van der Waals surface area contributed by atoms with E-state index in [0.717, 1.165) is 37.0 Å². The average molecular weight is 334 g/mol. The Balaban J connectivity index is 2.20. The molecule has 1 saturated heterocycles. The SMILES string of the molecule is C[SiH](C)OC(C1CCCN(c2ccccc2C=O)C1)C(C)(C)C. The molecule has 2 rings (SSSR count).